The molecular formula is C24H33N9O. The Labute approximate surface area is 199 Å². The quantitative estimate of drug-likeness (QED) is 0.315. The van der Waals surface area contributed by atoms with Crippen LogP contribution in [0.25, 0.3) is 0 Å². The van der Waals surface area contributed by atoms with Gasteiger partial charge >= 0.3 is 0 Å². The van der Waals surface area contributed by atoms with Crippen molar-refractivity contribution < 1.29 is 4.79 Å². The number of nitrogens with zero attached hydrogens (tertiary/aromatic N) is 5. The maximum absolute atomic E-state index is 11.5. The van der Waals surface area contributed by atoms with Crippen LogP contribution >= 0.6 is 0 Å². The fourth-order valence-electron chi connectivity index (χ4n) is 4.29. The summed E-state index contributed by atoms with van der Waals surface area (Å²) in [5.74, 6) is 1.54. The van der Waals surface area contributed by atoms with E-state index in [9.17, 15) is 4.79 Å². The summed E-state index contributed by atoms with van der Waals surface area (Å²) in [6.07, 6.45) is 12.7. The molecule has 5 N–H and O–H groups in total. The highest BCUT2D eigenvalue weighted by molar-refractivity contribution is 5.93. The van der Waals surface area contributed by atoms with Crippen molar-refractivity contribution in [3.05, 3.63) is 48.5 Å². The Morgan fingerprint density at radius 2 is 1.94 bits per heavy atom. The summed E-state index contributed by atoms with van der Waals surface area (Å²) in [6.45, 7) is 3.75. The standard InChI is InChI=1S/C24H33N9O/c1-17(18-7-3-2-4-8-18)28-23-30-22(27-11-6-13-33-14-12-26-16-33)31-24(32-23)29-20-10-5-9-19(15-20)21(25)34/h5,9-10,12,14-18H,2-4,6-8,11,13H2,1H3,(H2,25,34)(H3,27,28,29,30,31,32). The summed E-state index contributed by atoms with van der Waals surface area (Å²) in [6, 6.07) is 7.23. The third-order valence-electron chi connectivity index (χ3n) is 6.19. The number of benzene rings is 1. The minimum atomic E-state index is -0.483. The van der Waals surface area contributed by atoms with Gasteiger partial charge in [0.05, 0.1) is 6.33 Å². The Hall–Kier alpha value is -3.69. The molecule has 2 aromatic heterocycles. The maximum Gasteiger partial charge on any atom is 0.248 e. The second kappa shape index (κ2) is 11.4. The van der Waals surface area contributed by atoms with E-state index in [1.165, 1.54) is 32.1 Å². The first-order valence-electron chi connectivity index (χ1n) is 12.0. The van der Waals surface area contributed by atoms with Crippen molar-refractivity contribution in [1.82, 2.24) is 24.5 Å². The fraction of sp³-hybridized carbons (Fsp3) is 0.458. The van der Waals surface area contributed by atoms with Crippen molar-refractivity contribution in [3.63, 3.8) is 0 Å². The first kappa shape index (κ1) is 23.5. The lowest BCUT2D eigenvalue weighted by Crippen LogP contribution is -2.29. The lowest BCUT2D eigenvalue weighted by Gasteiger charge is -2.28. The molecule has 180 valence electrons. The van der Waals surface area contributed by atoms with Gasteiger partial charge in [-0.15, -0.1) is 0 Å². The van der Waals surface area contributed by atoms with Crippen LogP contribution in [0.2, 0.25) is 0 Å². The second-order valence-electron chi connectivity index (χ2n) is 8.79. The predicted molar refractivity (Wildman–Crippen MR) is 133 cm³/mol. The Kier molecular flexibility index (Phi) is 7.90. The summed E-state index contributed by atoms with van der Waals surface area (Å²) in [5, 5.41) is 9.98. The molecule has 0 bridgehead atoms. The topological polar surface area (TPSA) is 136 Å². The molecular weight excluding hydrogens is 430 g/mol. The van der Waals surface area contributed by atoms with Gasteiger partial charge in [0.1, 0.15) is 0 Å². The van der Waals surface area contributed by atoms with E-state index in [4.69, 9.17) is 5.73 Å². The van der Waals surface area contributed by atoms with Gasteiger partial charge in [0, 0.05) is 42.8 Å². The Morgan fingerprint density at radius 1 is 1.15 bits per heavy atom. The molecule has 1 atom stereocenters. The van der Waals surface area contributed by atoms with Gasteiger partial charge in [-0.25, -0.2) is 4.98 Å². The van der Waals surface area contributed by atoms with Gasteiger partial charge in [-0.3, -0.25) is 4.79 Å². The number of imidazole rings is 1. The lowest BCUT2D eigenvalue weighted by atomic mass is 9.85. The van der Waals surface area contributed by atoms with Crippen LogP contribution in [0.1, 0.15) is 55.8 Å². The van der Waals surface area contributed by atoms with E-state index in [-0.39, 0.29) is 6.04 Å². The number of amides is 1. The van der Waals surface area contributed by atoms with Gasteiger partial charge in [-0.05, 0) is 50.3 Å². The van der Waals surface area contributed by atoms with Crippen molar-refractivity contribution in [1.29, 1.82) is 0 Å². The molecule has 0 spiro atoms. The summed E-state index contributed by atoms with van der Waals surface area (Å²) >= 11 is 0. The number of hydrogen-bond acceptors (Lipinski definition) is 8. The van der Waals surface area contributed by atoms with E-state index in [0.717, 1.165) is 13.0 Å². The van der Waals surface area contributed by atoms with E-state index in [1.807, 2.05) is 16.8 Å². The van der Waals surface area contributed by atoms with E-state index in [2.05, 4.69) is 42.8 Å². The molecule has 10 heteroatoms. The van der Waals surface area contributed by atoms with Crippen LogP contribution in [0.5, 0.6) is 0 Å². The van der Waals surface area contributed by atoms with Crippen LogP contribution in [0.4, 0.5) is 23.5 Å². The number of carbonyl (C=O) groups excluding carboxylic acids is 1. The molecule has 4 rings (SSSR count). The smallest absolute Gasteiger partial charge is 0.248 e. The third kappa shape index (κ3) is 6.66. The SMILES string of the molecule is CC(Nc1nc(NCCCn2ccnc2)nc(Nc2cccc(C(N)=O)c2)n1)C1CCCCC1. The van der Waals surface area contributed by atoms with Gasteiger partial charge in [0.2, 0.25) is 23.8 Å². The molecule has 1 fully saturated rings. The van der Waals surface area contributed by atoms with Crippen molar-refractivity contribution in [3.8, 4) is 0 Å². The highest BCUT2D eigenvalue weighted by Gasteiger charge is 2.21. The van der Waals surface area contributed by atoms with Crippen molar-refractivity contribution >= 4 is 29.4 Å². The second-order valence-corrected chi connectivity index (χ2v) is 8.79. The minimum Gasteiger partial charge on any atom is -0.366 e. The first-order chi connectivity index (χ1) is 16.6. The Balaban J connectivity index is 1.47. The Morgan fingerprint density at radius 3 is 2.71 bits per heavy atom. The van der Waals surface area contributed by atoms with Crippen LogP contribution in [0, 0.1) is 5.92 Å². The monoisotopic (exact) mass is 463 g/mol. The zero-order valence-corrected chi connectivity index (χ0v) is 19.6. The molecule has 0 radical (unpaired) electrons. The van der Waals surface area contributed by atoms with Crippen molar-refractivity contribution in [2.45, 2.75) is 58.0 Å². The van der Waals surface area contributed by atoms with Crippen molar-refractivity contribution in [2.75, 3.05) is 22.5 Å². The summed E-state index contributed by atoms with van der Waals surface area (Å²) in [4.78, 5) is 29.4. The van der Waals surface area contributed by atoms with Crippen LogP contribution in [0.15, 0.2) is 43.0 Å². The van der Waals surface area contributed by atoms with Crippen LogP contribution < -0.4 is 21.7 Å². The number of carbonyl (C=O) groups is 1. The molecule has 3 aromatic rings. The molecule has 1 amide bonds. The molecule has 1 saturated carbocycles. The van der Waals surface area contributed by atoms with Crippen molar-refractivity contribution in [2.24, 2.45) is 11.7 Å². The van der Waals surface area contributed by atoms with Crippen LogP contribution in [-0.2, 0) is 6.54 Å². The molecule has 1 aliphatic rings. The molecule has 34 heavy (non-hydrogen) atoms. The van der Waals surface area contributed by atoms with Gasteiger partial charge in [0.25, 0.3) is 0 Å². The zero-order valence-electron chi connectivity index (χ0n) is 19.6. The number of anilines is 4. The molecule has 1 aromatic carbocycles. The molecule has 2 heterocycles. The van der Waals surface area contributed by atoms with Gasteiger partial charge < -0.3 is 26.3 Å². The summed E-state index contributed by atoms with van der Waals surface area (Å²) in [5.41, 5.74) is 6.52. The molecule has 1 aliphatic carbocycles. The Bertz CT molecular complexity index is 1060. The number of primary amides is 1. The molecule has 1 unspecified atom stereocenters. The lowest BCUT2D eigenvalue weighted by molar-refractivity contribution is 0.100. The normalized spacial score (nSPS) is 15.0. The number of hydrogen-bond donors (Lipinski definition) is 4. The number of rotatable bonds is 11. The first-order valence-corrected chi connectivity index (χ1v) is 12.0. The zero-order chi connectivity index (χ0) is 23.8. The highest BCUT2D eigenvalue weighted by Crippen LogP contribution is 2.28. The van der Waals surface area contributed by atoms with Crippen LogP contribution in [0.3, 0.4) is 0 Å². The number of nitrogens with one attached hydrogen (secondary N) is 3. The number of nitrogens with two attached hydrogens (primary N) is 1. The van der Waals surface area contributed by atoms with Crippen LogP contribution in [-0.4, -0.2) is 43.0 Å². The predicted octanol–water partition coefficient (Wildman–Crippen LogP) is 3.79. The van der Waals surface area contributed by atoms with E-state index in [0.29, 0.717) is 41.6 Å². The number of aromatic nitrogens is 5. The summed E-state index contributed by atoms with van der Waals surface area (Å²) in [7, 11) is 0. The molecule has 0 saturated heterocycles. The van der Waals surface area contributed by atoms with E-state index < -0.39 is 5.91 Å². The highest BCUT2D eigenvalue weighted by atomic mass is 16.1. The maximum atomic E-state index is 11.5. The minimum absolute atomic E-state index is 0.267. The van der Waals surface area contributed by atoms with Gasteiger partial charge in [-0.2, -0.15) is 15.0 Å². The molecule has 0 aliphatic heterocycles. The van der Waals surface area contributed by atoms with E-state index in [1.54, 1.807) is 30.7 Å². The average Bonchev–Trinajstić information content (AvgIpc) is 3.36. The summed E-state index contributed by atoms with van der Waals surface area (Å²) < 4.78 is 2.03. The molecule has 10 nitrogen and oxygen atoms in total. The number of aryl methyl sites for hydroxylation is 1. The fourth-order valence-corrected chi connectivity index (χ4v) is 4.29. The third-order valence-corrected chi connectivity index (χ3v) is 6.19. The van der Waals surface area contributed by atoms with Gasteiger partial charge in [-0.1, -0.05) is 25.3 Å². The van der Waals surface area contributed by atoms with Gasteiger partial charge in [0.15, 0.2) is 0 Å². The average molecular weight is 464 g/mol. The van der Waals surface area contributed by atoms with E-state index >= 15 is 0 Å². The largest absolute Gasteiger partial charge is 0.366 e.